The second kappa shape index (κ2) is 4.01. The van der Waals surface area contributed by atoms with Crippen molar-refractivity contribution in [2.45, 2.75) is 18.9 Å². The zero-order valence-electron chi connectivity index (χ0n) is 10.6. The van der Waals surface area contributed by atoms with E-state index in [1.165, 1.54) is 0 Å². The summed E-state index contributed by atoms with van der Waals surface area (Å²) in [6.45, 7) is 0. The van der Waals surface area contributed by atoms with Crippen molar-refractivity contribution in [2.75, 3.05) is 0 Å². The molecular formula is C13H16N4O. The summed E-state index contributed by atoms with van der Waals surface area (Å²) in [4.78, 5) is 12.0. The monoisotopic (exact) mass is 244 g/mol. The molecule has 1 aliphatic rings. The van der Waals surface area contributed by atoms with E-state index in [1.54, 1.807) is 11.7 Å². The van der Waals surface area contributed by atoms with Crippen LogP contribution in [-0.4, -0.2) is 26.3 Å². The van der Waals surface area contributed by atoms with Crippen LogP contribution in [0.2, 0.25) is 0 Å². The van der Waals surface area contributed by atoms with Crippen molar-refractivity contribution in [3.05, 3.63) is 30.1 Å². The van der Waals surface area contributed by atoms with Crippen LogP contribution in [0.4, 0.5) is 0 Å². The van der Waals surface area contributed by atoms with Crippen molar-refractivity contribution in [1.82, 2.24) is 19.7 Å². The molecule has 2 heterocycles. The number of nitrogens with zero attached hydrogens (tertiary/aromatic N) is 3. The lowest BCUT2D eigenvalue weighted by atomic mass is 10.2. The Kier molecular flexibility index (Phi) is 2.47. The van der Waals surface area contributed by atoms with Crippen LogP contribution in [0.1, 0.15) is 23.3 Å². The predicted octanol–water partition coefficient (Wildman–Crippen LogP) is 1.32. The van der Waals surface area contributed by atoms with E-state index in [0.717, 1.165) is 24.2 Å². The molecule has 5 nitrogen and oxygen atoms in total. The van der Waals surface area contributed by atoms with Gasteiger partial charge in [0, 0.05) is 26.3 Å². The molecule has 1 N–H and O–H groups in total. The van der Waals surface area contributed by atoms with Crippen LogP contribution < -0.4 is 5.32 Å². The molecule has 3 rings (SSSR count). The van der Waals surface area contributed by atoms with Crippen molar-refractivity contribution in [3.63, 3.8) is 0 Å². The summed E-state index contributed by atoms with van der Waals surface area (Å²) in [7, 11) is 3.77. The minimum absolute atomic E-state index is 0.0343. The minimum atomic E-state index is -0.0343. The highest BCUT2D eigenvalue weighted by molar-refractivity contribution is 5.94. The third-order valence-electron chi connectivity index (χ3n) is 3.23. The number of rotatable bonds is 3. The number of amides is 1. The molecule has 1 amide bonds. The zero-order chi connectivity index (χ0) is 12.7. The first-order valence-corrected chi connectivity index (χ1v) is 6.12. The van der Waals surface area contributed by atoms with E-state index in [2.05, 4.69) is 10.4 Å². The molecule has 0 atom stereocenters. The Morgan fingerprint density at radius 3 is 2.83 bits per heavy atom. The van der Waals surface area contributed by atoms with Gasteiger partial charge in [-0.05, 0) is 31.0 Å². The summed E-state index contributed by atoms with van der Waals surface area (Å²) in [6.07, 6.45) is 4.15. The Bertz CT molecular complexity index is 592. The smallest absolute Gasteiger partial charge is 0.269 e. The highest BCUT2D eigenvalue weighted by atomic mass is 16.2. The van der Waals surface area contributed by atoms with Gasteiger partial charge in [0.1, 0.15) is 11.4 Å². The molecule has 2 aromatic rings. The van der Waals surface area contributed by atoms with Crippen LogP contribution in [-0.2, 0) is 14.1 Å². The van der Waals surface area contributed by atoms with Gasteiger partial charge in [0.05, 0.1) is 5.69 Å². The van der Waals surface area contributed by atoms with Crippen LogP contribution in [0, 0.1) is 0 Å². The van der Waals surface area contributed by atoms with Crippen molar-refractivity contribution in [3.8, 4) is 11.4 Å². The Balaban J connectivity index is 1.90. The van der Waals surface area contributed by atoms with Gasteiger partial charge in [0.2, 0.25) is 0 Å². The average Bonchev–Trinajstić information content (AvgIpc) is 2.89. The van der Waals surface area contributed by atoms with Gasteiger partial charge in [-0.3, -0.25) is 9.48 Å². The van der Waals surface area contributed by atoms with Gasteiger partial charge in [-0.1, -0.05) is 0 Å². The summed E-state index contributed by atoms with van der Waals surface area (Å²) in [5.41, 5.74) is 2.44. The van der Waals surface area contributed by atoms with Gasteiger partial charge >= 0.3 is 0 Å². The van der Waals surface area contributed by atoms with Gasteiger partial charge in [-0.2, -0.15) is 5.10 Å². The van der Waals surface area contributed by atoms with Crippen LogP contribution >= 0.6 is 0 Å². The SMILES string of the molecule is Cn1cccc1-c1cc(C(=O)NC2CC2)n(C)n1. The Labute approximate surface area is 105 Å². The first kappa shape index (κ1) is 11.1. The molecule has 0 aromatic carbocycles. The highest BCUT2D eigenvalue weighted by Crippen LogP contribution is 2.21. The van der Waals surface area contributed by atoms with E-state index in [9.17, 15) is 4.79 Å². The Morgan fingerprint density at radius 2 is 2.22 bits per heavy atom. The third kappa shape index (κ3) is 1.92. The first-order chi connectivity index (χ1) is 8.65. The van der Waals surface area contributed by atoms with Crippen molar-refractivity contribution in [1.29, 1.82) is 0 Å². The fourth-order valence-corrected chi connectivity index (χ4v) is 2.02. The molecule has 0 spiro atoms. The predicted molar refractivity (Wildman–Crippen MR) is 68.1 cm³/mol. The fraction of sp³-hybridized carbons (Fsp3) is 0.385. The van der Waals surface area contributed by atoms with Crippen molar-refractivity contribution < 1.29 is 4.79 Å². The second-order valence-electron chi connectivity index (χ2n) is 4.79. The Hall–Kier alpha value is -2.04. The zero-order valence-corrected chi connectivity index (χ0v) is 10.6. The minimum Gasteiger partial charge on any atom is -0.349 e. The molecule has 0 saturated heterocycles. The van der Waals surface area contributed by atoms with Gasteiger partial charge in [0.15, 0.2) is 0 Å². The van der Waals surface area contributed by atoms with E-state index in [-0.39, 0.29) is 5.91 Å². The van der Waals surface area contributed by atoms with Gasteiger partial charge < -0.3 is 9.88 Å². The number of carbonyl (C=O) groups is 1. The summed E-state index contributed by atoms with van der Waals surface area (Å²) >= 11 is 0. The van der Waals surface area contributed by atoms with Crippen LogP contribution in [0.5, 0.6) is 0 Å². The lowest BCUT2D eigenvalue weighted by Crippen LogP contribution is -2.27. The molecule has 2 aromatic heterocycles. The maximum Gasteiger partial charge on any atom is 0.269 e. The van der Waals surface area contributed by atoms with Crippen molar-refractivity contribution >= 4 is 5.91 Å². The molecule has 0 aliphatic heterocycles. The molecule has 1 fully saturated rings. The summed E-state index contributed by atoms with van der Waals surface area (Å²) in [5.74, 6) is -0.0343. The van der Waals surface area contributed by atoms with Crippen LogP contribution in [0.3, 0.4) is 0 Å². The molecule has 18 heavy (non-hydrogen) atoms. The normalized spacial score (nSPS) is 14.8. The number of hydrogen-bond donors (Lipinski definition) is 1. The number of hydrogen-bond acceptors (Lipinski definition) is 2. The van der Waals surface area contributed by atoms with Gasteiger partial charge in [0.25, 0.3) is 5.91 Å². The third-order valence-corrected chi connectivity index (χ3v) is 3.23. The molecule has 94 valence electrons. The summed E-state index contributed by atoms with van der Waals surface area (Å²) < 4.78 is 3.63. The second-order valence-corrected chi connectivity index (χ2v) is 4.79. The van der Waals surface area contributed by atoms with E-state index in [4.69, 9.17) is 0 Å². The lowest BCUT2D eigenvalue weighted by Gasteiger charge is -2.01. The number of carbonyl (C=O) groups excluding carboxylic acids is 1. The van der Waals surface area contributed by atoms with E-state index < -0.39 is 0 Å². The van der Waals surface area contributed by atoms with Crippen LogP contribution in [0.25, 0.3) is 11.4 Å². The quantitative estimate of drug-likeness (QED) is 0.885. The standard InChI is InChI=1S/C13H16N4O/c1-16-7-3-4-11(16)10-8-12(17(2)15-10)13(18)14-9-5-6-9/h3-4,7-9H,5-6H2,1-2H3,(H,14,18). The molecule has 1 aliphatic carbocycles. The molecule has 1 saturated carbocycles. The molecule has 0 unspecified atom stereocenters. The lowest BCUT2D eigenvalue weighted by molar-refractivity contribution is 0.0941. The van der Waals surface area contributed by atoms with Gasteiger partial charge in [-0.15, -0.1) is 0 Å². The van der Waals surface area contributed by atoms with Crippen LogP contribution in [0.15, 0.2) is 24.4 Å². The molecule has 0 bridgehead atoms. The summed E-state index contributed by atoms with van der Waals surface area (Å²) in [5, 5.41) is 7.38. The first-order valence-electron chi connectivity index (χ1n) is 6.12. The van der Waals surface area contributed by atoms with Gasteiger partial charge in [-0.25, -0.2) is 0 Å². The molecular weight excluding hydrogens is 228 g/mol. The molecule has 5 heteroatoms. The maximum absolute atomic E-state index is 12.0. The van der Waals surface area contributed by atoms with E-state index >= 15 is 0 Å². The largest absolute Gasteiger partial charge is 0.349 e. The Morgan fingerprint density at radius 1 is 1.44 bits per heavy atom. The molecule has 0 radical (unpaired) electrons. The van der Waals surface area contributed by atoms with E-state index in [1.807, 2.05) is 36.0 Å². The highest BCUT2D eigenvalue weighted by Gasteiger charge is 2.25. The summed E-state index contributed by atoms with van der Waals surface area (Å²) in [6, 6.07) is 6.16. The van der Waals surface area contributed by atoms with E-state index in [0.29, 0.717) is 11.7 Å². The topological polar surface area (TPSA) is 51.9 Å². The number of aromatic nitrogens is 3. The van der Waals surface area contributed by atoms with Crippen molar-refractivity contribution in [2.24, 2.45) is 14.1 Å². The number of nitrogens with one attached hydrogen (secondary N) is 1. The average molecular weight is 244 g/mol. The number of aryl methyl sites for hydroxylation is 2. The maximum atomic E-state index is 12.0. The fourth-order valence-electron chi connectivity index (χ4n) is 2.02.